The molecule has 0 unspecified atom stereocenters. The largest absolute Gasteiger partial charge is 0.337 e. The van der Waals surface area contributed by atoms with Crippen molar-refractivity contribution in [1.29, 1.82) is 0 Å². The first-order chi connectivity index (χ1) is 10.5. The molecule has 0 atom stereocenters. The van der Waals surface area contributed by atoms with Gasteiger partial charge in [0.1, 0.15) is 6.16 Å². The number of benzene rings is 1. The molecule has 1 heterocycles. The summed E-state index contributed by atoms with van der Waals surface area (Å²) in [5.41, 5.74) is 2.25. The molecule has 0 spiro atoms. The van der Waals surface area contributed by atoms with Crippen molar-refractivity contribution >= 4 is 13.4 Å². The molecule has 0 fully saturated rings. The number of Topliss-reactive ketones (excluding diaryl/α,β-unsaturated/α-hetero) is 1. The Morgan fingerprint density at radius 3 is 2.45 bits per heavy atom. The smallest absolute Gasteiger partial charge is 0.312 e. The van der Waals surface area contributed by atoms with Crippen LogP contribution in [0.15, 0.2) is 36.5 Å². The molecule has 22 heavy (non-hydrogen) atoms. The van der Waals surface area contributed by atoms with Crippen LogP contribution in [-0.2, 0) is 20.2 Å². The first-order valence-electron chi connectivity index (χ1n) is 6.79. The van der Waals surface area contributed by atoms with Gasteiger partial charge in [-0.05, 0) is 12.5 Å². The monoisotopic (exact) mass is 322 g/mol. The number of carbonyl (C=O) groups is 1. The third-order valence-electron chi connectivity index (χ3n) is 3.47. The topological polar surface area (TPSA) is 70.4 Å². The second-order valence-electron chi connectivity index (χ2n) is 4.84. The third-order valence-corrected chi connectivity index (χ3v) is 5.26. The summed E-state index contributed by atoms with van der Waals surface area (Å²) in [5.74, 6) is -0.302. The van der Waals surface area contributed by atoms with E-state index in [-0.39, 0.29) is 11.9 Å². The molecule has 0 aliphatic carbocycles. The predicted molar refractivity (Wildman–Crippen MR) is 83.3 cm³/mol. The Morgan fingerprint density at radius 2 is 1.86 bits per heavy atom. The molecular formula is C15H19N2O4P. The lowest BCUT2D eigenvalue weighted by Gasteiger charge is -2.12. The molecule has 6 nitrogen and oxygen atoms in total. The van der Waals surface area contributed by atoms with Crippen LogP contribution in [0.3, 0.4) is 0 Å². The minimum absolute atomic E-state index is 0.294. The molecule has 2 aromatic rings. The standard InChI is InChI=1S/C15H19N2O4P/c1-12-14(15(18)11-22(19,20-2)21-3)9-16-17(12)10-13-7-5-4-6-8-13/h4-9H,10-11H2,1-3H3. The Labute approximate surface area is 129 Å². The number of carbonyl (C=O) groups excluding carboxylic acids is 1. The van der Waals surface area contributed by atoms with E-state index >= 15 is 0 Å². The van der Waals surface area contributed by atoms with Crippen molar-refractivity contribution in [1.82, 2.24) is 9.78 Å². The fraction of sp³-hybridized carbons (Fsp3) is 0.333. The SMILES string of the molecule is COP(=O)(CC(=O)c1cnn(Cc2ccccc2)c1C)OC. The van der Waals surface area contributed by atoms with Crippen LogP contribution in [0.1, 0.15) is 21.6 Å². The molecule has 0 aliphatic rings. The molecule has 0 radical (unpaired) electrons. The number of hydrogen-bond acceptors (Lipinski definition) is 5. The summed E-state index contributed by atoms with van der Waals surface area (Å²) in [6.07, 6.45) is 1.20. The van der Waals surface area contributed by atoms with E-state index in [1.165, 1.54) is 20.4 Å². The van der Waals surface area contributed by atoms with Gasteiger partial charge >= 0.3 is 7.60 Å². The van der Waals surface area contributed by atoms with E-state index in [9.17, 15) is 9.36 Å². The van der Waals surface area contributed by atoms with Gasteiger partial charge in [-0.3, -0.25) is 14.0 Å². The summed E-state index contributed by atoms with van der Waals surface area (Å²) in [5, 5.41) is 4.24. The van der Waals surface area contributed by atoms with E-state index in [0.29, 0.717) is 12.1 Å². The lowest BCUT2D eigenvalue weighted by atomic mass is 10.2. The molecule has 0 aliphatic heterocycles. The number of ketones is 1. The highest BCUT2D eigenvalue weighted by atomic mass is 31.2. The van der Waals surface area contributed by atoms with Crippen molar-refractivity contribution in [3.8, 4) is 0 Å². The summed E-state index contributed by atoms with van der Waals surface area (Å²) in [7, 11) is -0.832. The maximum Gasteiger partial charge on any atom is 0.337 e. The van der Waals surface area contributed by atoms with Crippen LogP contribution in [0, 0.1) is 6.92 Å². The van der Waals surface area contributed by atoms with Gasteiger partial charge in [0.05, 0.1) is 18.3 Å². The van der Waals surface area contributed by atoms with Crippen LogP contribution in [0.4, 0.5) is 0 Å². The second-order valence-corrected chi connectivity index (χ2v) is 7.11. The van der Waals surface area contributed by atoms with Gasteiger partial charge < -0.3 is 9.05 Å². The fourth-order valence-electron chi connectivity index (χ4n) is 2.10. The van der Waals surface area contributed by atoms with Crippen molar-refractivity contribution in [3.05, 3.63) is 53.3 Å². The van der Waals surface area contributed by atoms with Gasteiger partial charge in [-0.25, -0.2) is 0 Å². The first-order valence-corrected chi connectivity index (χ1v) is 8.52. The highest BCUT2D eigenvalue weighted by Gasteiger charge is 2.28. The van der Waals surface area contributed by atoms with Crippen LogP contribution in [0.2, 0.25) is 0 Å². The van der Waals surface area contributed by atoms with E-state index < -0.39 is 7.60 Å². The van der Waals surface area contributed by atoms with Gasteiger partial charge in [-0.2, -0.15) is 5.10 Å². The fourth-order valence-corrected chi connectivity index (χ4v) is 3.03. The minimum Gasteiger partial charge on any atom is -0.312 e. The molecule has 0 bridgehead atoms. The highest BCUT2D eigenvalue weighted by molar-refractivity contribution is 7.54. The van der Waals surface area contributed by atoms with Crippen molar-refractivity contribution in [2.45, 2.75) is 13.5 Å². The van der Waals surface area contributed by atoms with Crippen molar-refractivity contribution in [3.63, 3.8) is 0 Å². The number of nitrogens with zero attached hydrogens (tertiary/aromatic N) is 2. The van der Waals surface area contributed by atoms with Crippen LogP contribution < -0.4 is 0 Å². The van der Waals surface area contributed by atoms with Gasteiger partial charge in [0, 0.05) is 19.9 Å². The lowest BCUT2D eigenvalue weighted by Crippen LogP contribution is -2.10. The summed E-state index contributed by atoms with van der Waals surface area (Å²) in [6, 6.07) is 9.84. The van der Waals surface area contributed by atoms with E-state index in [2.05, 4.69) is 5.10 Å². The summed E-state index contributed by atoms with van der Waals surface area (Å²) in [4.78, 5) is 12.3. The van der Waals surface area contributed by atoms with Crippen molar-refractivity contribution in [2.75, 3.05) is 20.4 Å². The van der Waals surface area contributed by atoms with Crippen molar-refractivity contribution < 1.29 is 18.4 Å². The van der Waals surface area contributed by atoms with Crippen LogP contribution in [0.5, 0.6) is 0 Å². The van der Waals surface area contributed by atoms with Crippen molar-refractivity contribution in [2.24, 2.45) is 0 Å². The Hall–Kier alpha value is -1.75. The highest BCUT2D eigenvalue weighted by Crippen LogP contribution is 2.46. The second kappa shape index (κ2) is 7.01. The lowest BCUT2D eigenvalue weighted by molar-refractivity contribution is 0.101. The normalized spacial score (nSPS) is 11.6. The average Bonchev–Trinajstić information content (AvgIpc) is 2.89. The number of aromatic nitrogens is 2. The van der Waals surface area contributed by atoms with Crippen LogP contribution in [-0.4, -0.2) is 35.9 Å². The average molecular weight is 322 g/mol. The Kier molecular flexibility index (Phi) is 5.29. The number of rotatable bonds is 7. The molecule has 118 valence electrons. The van der Waals surface area contributed by atoms with Crippen LogP contribution >= 0.6 is 7.60 Å². The van der Waals surface area contributed by atoms with Gasteiger partial charge in [0.25, 0.3) is 0 Å². The van der Waals surface area contributed by atoms with Gasteiger partial charge in [0.2, 0.25) is 0 Å². The zero-order valence-corrected chi connectivity index (χ0v) is 13.7. The zero-order chi connectivity index (χ0) is 16.2. The van der Waals surface area contributed by atoms with Gasteiger partial charge in [-0.15, -0.1) is 0 Å². The maximum atomic E-state index is 12.3. The summed E-state index contributed by atoms with van der Waals surface area (Å²) < 4.78 is 23.4. The molecule has 1 aromatic carbocycles. The van der Waals surface area contributed by atoms with E-state index in [1.54, 1.807) is 4.68 Å². The zero-order valence-electron chi connectivity index (χ0n) is 12.9. The molecular weight excluding hydrogens is 303 g/mol. The van der Waals surface area contributed by atoms with E-state index in [0.717, 1.165) is 11.3 Å². The van der Waals surface area contributed by atoms with Gasteiger partial charge in [0.15, 0.2) is 5.78 Å². The molecule has 1 aromatic heterocycles. The molecule has 0 saturated heterocycles. The van der Waals surface area contributed by atoms with E-state index in [4.69, 9.17) is 9.05 Å². The summed E-state index contributed by atoms with van der Waals surface area (Å²) in [6.45, 7) is 2.39. The van der Waals surface area contributed by atoms with Crippen LogP contribution in [0.25, 0.3) is 0 Å². The molecule has 0 N–H and O–H groups in total. The maximum absolute atomic E-state index is 12.3. The molecule has 2 rings (SSSR count). The Bertz CT molecular complexity index is 689. The minimum atomic E-state index is -3.37. The molecule has 7 heteroatoms. The third kappa shape index (κ3) is 3.71. The quantitative estimate of drug-likeness (QED) is 0.579. The predicted octanol–water partition coefficient (Wildman–Crippen LogP) is 2.91. The molecule has 0 saturated carbocycles. The van der Waals surface area contributed by atoms with E-state index in [1.807, 2.05) is 37.3 Å². The van der Waals surface area contributed by atoms with Gasteiger partial charge in [-0.1, -0.05) is 30.3 Å². The Morgan fingerprint density at radius 1 is 1.23 bits per heavy atom. The first kappa shape index (κ1) is 16.6. The number of hydrogen-bond donors (Lipinski definition) is 0. The summed E-state index contributed by atoms with van der Waals surface area (Å²) >= 11 is 0. The Balaban J connectivity index is 2.17. The molecule has 0 amide bonds.